The third-order valence-corrected chi connectivity index (χ3v) is 13.3. The second-order valence-corrected chi connectivity index (χ2v) is 14.5. The maximum atomic E-state index is 13.7. The summed E-state index contributed by atoms with van der Waals surface area (Å²) in [6, 6.07) is 6.41. The van der Waals surface area contributed by atoms with Crippen molar-refractivity contribution in [2.45, 2.75) is 81.2 Å². The average Bonchev–Trinajstić information content (AvgIpc) is 3.45. The maximum absolute atomic E-state index is 13.7. The van der Waals surface area contributed by atoms with Crippen LogP contribution in [0.5, 0.6) is 0 Å². The second kappa shape index (κ2) is 10.7. The van der Waals surface area contributed by atoms with Crippen LogP contribution < -0.4 is 5.32 Å². The third kappa shape index (κ3) is 3.72. The van der Waals surface area contributed by atoms with Crippen LogP contribution >= 0.6 is 0 Å². The summed E-state index contributed by atoms with van der Waals surface area (Å²) in [6.07, 6.45) is 0.993. The Morgan fingerprint density at radius 2 is 1.82 bits per heavy atom. The molecule has 1 aromatic rings. The molecule has 1 aliphatic heterocycles. The van der Waals surface area contributed by atoms with E-state index in [2.05, 4.69) is 17.1 Å². The van der Waals surface area contributed by atoms with E-state index in [1.54, 1.807) is 52.7 Å². The predicted octanol–water partition coefficient (Wildman–Crippen LogP) is 2.09. The number of nitrogens with one attached hydrogen (secondary N) is 1. The van der Waals surface area contributed by atoms with Crippen molar-refractivity contribution < 1.29 is 43.5 Å². The summed E-state index contributed by atoms with van der Waals surface area (Å²) in [7, 11) is 6.75. The highest BCUT2D eigenvalue weighted by Gasteiger charge is 2.91. The highest BCUT2D eigenvalue weighted by atomic mass is 16.5. The fourth-order valence-corrected chi connectivity index (χ4v) is 12.2. The van der Waals surface area contributed by atoms with Crippen LogP contribution in [0.4, 0.5) is 5.69 Å². The van der Waals surface area contributed by atoms with E-state index in [1.807, 2.05) is 0 Å². The SMILES string of the molecule is CCN1C[C@]2(COC(=O)c3ccccc3NC(C)=O)CC[C@@H](OC)[C@]34C1[C@](O)([C@@H](OC)[C@H]23)[C@@]1(O)C[C@H](OC)[C@H]2C[C@@H]4[C@@H]1[C@H]2OC. The van der Waals surface area contributed by atoms with Gasteiger partial charge in [-0.1, -0.05) is 19.1 Å². The van der Waals surface area contributed by atoms with Crippen molar-refractivity contribution in [2.75, 3.05) is 53.5 Å². The van der Waals surface area contributed by atoms with E-state index in [1.165, 1.54) is 6.92 Å². The summed E-state index contributed by atoms with van der Waals surface area (Å²) in [6.45, 7) is 4.81. The molecule has 1 spiro atoms. The van der Waals surface area contributed by atoms with Crippen molar-refractivity contribution >= 4 is 17.6 Å². The first kappa shape index (κ1) is 31.5. The highest BCUT2D eigenvalue weighted by molar-refractivity contribution is 6.00. The average molecular weight is 629 g/mol. The molecule has 7 bridgehead atoms. The molecule has 11 nitrogen and oxygen atoms in total. The number of methoxy groups -OCH3 is 4. The fraction of sp³-hybridized carbons (Fsp3) is 0.765. The molecule has 1 saturated heterocycles. The van der Waals surface area contributed by atoms with E-state index < -0.39 is 40.1 Å². The molecule has 1 unspecified atom stereocenters. The predicted molar refractivity (Wildman–Crippen MR) is 162 cm³/mol. The van der Waals surface area contributed by atoms with Crippen LogP contribution in [0.25, 0.3) is 0 Å². The monoisotopic (exact) mass is 628 g/mol. The van der Waals surface area contributed by atoms with Gasteiger partial charge in [-0.3, -0.25) is 9.69 Å². The number of amides is 1. The van der Waals surface area contributed by atoms with E-state index in [0.29, 0.717) is 31.6 Å². The topological polar surface area (TPSA) is 136 Å². The summed E-state index contributed by atoms with van der Waals surface area (Å²) >= 11 is 0. The molecule has 5 saturated carbocycles. The highest BCUT2D eigenvalue weighted by Crippen LogP contribution is 2.80. The van der Waals surface area contributed by atoms with E-state index >= 15 is 0 Å². The Labute approximate surface area is 264 Å². The van der Waals surface area contributed by atoms with Crippen molar-refractivity contribution in [1.82, 2.24) is 4.90 Å². The molecule has 13 atom stereocenters. The molecule has 3 N–H and O–H groups in total. The molecule has 248 valence electrons. The van der Waals surface area contributed by atoms with Crippen LogP contribution in [-0.2, 0) is 28.5 Å². The number of hydrogen-bond acceptors (Lipinski definition) is 10. The number of likely N-dealkylation sites (tertiary alicyclic amines) is 1. The van der Waals surface area contributed by atoms with E-state index in [9.17, 15) is 19.8 Å². The van der Waals surface area contributed by atoms with E-state index in [0.717, 1.165) is 12.8 Å². The second-order valence-electron chi connectivity index (χ2n) is 14.5. The van der Waals surface area contributed by atoms with Gasteiger partial charge in [0.05, 0.1) is 48.3 Å². The van der Waals surface area contributed by atoms with Gasteiger partial charge in [0, 0.05) is 76.9 Å². The first-order valence-electron chi connectivity index (χ1n) is 16.4. The minimum Gasteiger partial charge on any atom is -0.461 e. The van der Waals surface area contributed by atoms with Crippen molar-refractivity contribution in [2.24, 2.45) is 34.5 Å². The van der Waals surface area contributed by atoms with Crippen molar-refractivity contribution in [3.8, 4) is 0 Å². The van der Waals surface area contributed by atoms with Gasteiger partial charge in [-0.25, -0.2) is 4.79 Å². The van der Waals surface area contributed by atoms with Crippen molar-refractivity contribution in [1.29, 1.82) is 0 Å². The normalized spacial score (nSPS) is 47.4. The zero-order valence-electron chi connectivity index (χ0n) is 27.2. The number of esters is 1. The molecule has 11 heteroatoms. The largest absolute Gasteiger partial charge is 0.461 e. The number of nitrogens with zero attached hydrogens (tertiary/aromatic N) is 1. The molecular formula is C34H48N2O9. The van der Waals surface area contributed by atoms with Crippen molar-refractivity contribution in [3.05, 3.63) is 29.8 Å². The molecule has 6 aliphatic rings. The lowest BCUT2D eigenvalue weighted by atomic mass is 9.42. The summed E-state index contributed by atoms with van der Waals surface area (Å²) in [4.78, 5) is 27.9. The quantitative estimate of drug-likeness (QED) is 0.349. The Morgan fingerprint density at radius 3 is 2.47 bits per heavy atom. The van der Waals surface area contributed by atoms with Gasteiger partial charge in [0.15, 0.2) is 0 Å². The minimum absolute atomic E-state index is 0.0387. The maximum Gasteiger partial charge on any atom is 0.340 e. The summed E-state index contributed by atoms with van der Waals surface area (Å²) in [5.41, 5.74) is -3.68. The van der Waals surface area contributed by atoms with E-state index in [4.69, 9.17) is 23.7 Å². The Hall–Kier alpha value is -2.12. The fourth-order valence-electron chi connectivity index (χ4n) is 12.2. The number of anilines is 1. The molecule has 0 radical (unpaired) electrons. The molecule has 1 heterocycles. The molecule has 7 rings (SSSR count). The molecule has 0 aromatic heterocycles. The van der Waals surface area contributed by atoms with Gasteiger partial charge in [-0.2, -0.15) is 0 Å². The zero-order valence-corrected chi connectivity index (χ0v) is 27.2. The number of fused-ring (bicyclic) bond motifs is 2. The lowest BCUT2D eigenvalue weighted by Crippen LogP contribution is -2.82. The van der Waals surface area contributed by atoms with Crippen LogP contribution in [0.1, 0.15) is 49.9 Å². The first-order valence-corrected chi connectivity index (χ1v) is 16.4. The first-order chi connectivity index (χ1) is 21.5. The molecular weight excluding hydrogens is 580 g/mol. The number of para-hydroxylation sites is 1. The number of hydrogen-bond donors (Lipinski definition) is 3. The number of rotatable bonds is 9. The minimum atomic E-state index is -1.66. The van der Waals surface area contributed by atoms with E-state index in [-0.39, 0.29) is 60.1 Å². The van der Waals surface area contributed by atoms with Crippen LogP contribution in [0.15, 0.2) is 24.3 Å². The number of carbonyl (C=O) groups is 2. The Morgan fingerprint density at radius 1 is 1.07 bits per heavy atom. The smallest absolute Gasteiger partial charge is 0.340 e. The number of piperidine rings is 1. The number of aliphatic hydroxyl groups is 2. The molecule has 1 amide bonds. The van der Waals surface area contributed by atoms with Gasteiger partial charge in [-0.05, 0) is 43.9 Å². The Bertz CT molecular complexity index is 1360. The Balaban J connectivity index is 1.37. The molecule has 1 aromatic carbocycles. The molecule has 5 aliphatic carbocycles. The number of ether oxygens (including phenoxy) is 5. The van der Waals surface area contributed by atoms with Gasteiger partial charge in [0.2, 0.25) is 5.91 Å². The standard InChI is InChI=1S/C34H48N2O9/c1-7-36-16-31(17-45-29(38)19-10-8-9-11-22(19)35-18(2)37)13-12-24(42-4)33-21-14-20-23(41-3)15-32(39,25(21)26(20)43-5)34(40,30(33)36)28(44-6)27(31)33/h8-11,20-21,23-28,30,39-40H,7,12-17H2,1-6H3,(H,35,37)/t20-,21-,23+,24-,25-,26+,27-,28+,30?,31+,32-,33+,34-/m1/s1. The van der Waals surface area contributed by atoms with Crippen LogP contribution in [0, 0.1) is 34.5 Å². The number of likely N-dealkylation sites (N-methyl/N-ethyl adjacent to an activating group) is 1. The summed E-state index contributed by atoms with van der Waals surface area (Å²) in [5.74, 6) is -1.36. The van der Waals surface area contributed by atoms with Gasteiger partial charge in [-0.15, -0.1) is 0 Å². The van der Waals surface area contributed by atoms with Gasteiger partial charge >= 0.3 is 5.97 Å². The third-order valence-electron chi connectivity index (χ3n) is 13.3. The van der Waals surface area contributed by atoms with Crippen LogP contribution in [0.2, 0.25) is 0 Å². The number of benzene rings is 1. The lowest BCUT2D eigenvalue weighted by Gasteiger charge is -2.70. The molecule has 45 heavy (non-hydrogen) atoms. The lowest BCUT2D eigenvalue weighted by molar-refractivity contribution is -0.320. The van der Waals surface area contributed by atoms with Gasteiger partial charge in [0.25, 0.3) is 0 Å². The Kier molecular flexibility index (Phi) is 7.48. The number of carbonyl (C=O) groups excluding carboxylic acids is 2. The van der Waals surface area contributed by atoms with Crippen LogP contribution in [0.3, 0.4) is 0 Å². The van der Waals surface area contributed by atoms with Gasteiger partial charge in [0.1, 0.15) is 11.2 Å². The van der Waals surface area contributed by atoms with Crippen molar-refractivity contribution in [3.63, 3.8) is 0 Å². The van der Waals surface area contributed by atoms with Crippen LogP contribution in [-0.4, -0.2) is 117 Å². The zero-order chi connectivity index (χ0) is 32.1. The summed E-state index contributed by atoms with van der Waals surface area (Å²) < 4.78 is 31.2. The summed E-state index contributed by atoms with van der Waals surface area (Å²) in [5, 5.41) is 29.2. The van der Waals surface area contributed by atoms with Gasteiger partial charge < -0.3 is 39.2 Å². The molecule has 6 fully saturated rings.